The average molecular weight is 342 g/mol. The Morgan fingerprint density at radius 1 is 1.08 bits per heavy atom. The van der Waals surface area contributed by atoms with Crippen LogP contribution < -0.4 is 10.6 Å². The average Bonchev–Trinajstić information content (AvgIpc) is 2.80. The smallest absolute Gasteiger partial charge is 0.243 e. The van der Waals surface area contributed by atoms with Gasteiger partial charge in [0.05, 0.1) is 12.2 Å². The molecule has 1 heterocycles. The molecule has 25 heavy (non-hydrogen) atoms. The van der Waals surface area contributed by atoms with Gasteiger partial charge in [0.2, 0.25) is 11.8 Å². The van der Waals surface area contributed by atoms with Crippen molar-refractivity contribution in [2.75, 3.05) is 11.9 Å². The largest absolute Gasteiger partial charge is 0.347 e. The lowest BCUT2D eigenvalue weighted by Crippen LogP contribution is -2.33. The molecule has 0 aliphatic heterocycles. The number of hydrogen-bond acceptors (Lipinski definition) is 3. The van der Waals surface area contributed by atoms with Crippen LogP contribution >= 0.6 is 0 Å². The number of rotatable bonds is 6. The van der Waals surface area contributed by atoms with E-state index < -0.39 is 0 Å². The van der Waals surface area contributed by atoms with E-state index in [2.05, 4.69) is 15.7 Å². The van der Waals surface area contributed by atoms with E-state index in [1.807, 2.05) is 57.6 Å². The third-order valence-electron chi connectivity index (χ3n) is 4.45. The van der Waals surface area contributed by atoms with E-state index in [9.17, 15) is 9.59 Å². The lowest BCUT2D eigenvalue weighted by molar-refractivity contribution is -0.124. The summed E-state index contributed by atoms with van der Waals surface area (Å²) in [5.41, 5.74) is 5.92. The maximum atomic E-state index is 12.1. The molecule has 0 spiro atoms. The van der Waals surface area contributed by atoms with Crippen molar-refractivity contribution in [3.8, 4) is 0 Å². The lowest BCUT2D eigenvalue weighted by atomic mass is 10.1. The van der Waals surface area contributed by atoms with Gasteiger partial charge in [-0.15, -0.1) is 0 Å². The Labute approximate surface area is 148 Å². The summed E-state index contributed by atoms with van der Waals surface area (Å²) in [5, 5.41) is 9.89. The molecule has 0 aliphatic carbocycles. The second-order valence-corrected chi connectivity index (χ2v) is 6.36. The Bertz CT molecular complexity index is 773. The van der Waals surface area contributed by atoms with Gasteiger partial charge < -0.3 is 10.6 Å². The normalized spacial score (nSPS) is 10.6. The molecule has 134 valence electrons. The molecular formula is C19H26N4O2. The summed E-state index contributed by atoms with van der Waals surface area (Å²) in [6.07, 6.45) is 0.958. The van der Waals surface area contributed by atoms with E-state index >= 15 is 0 Å². The molecule has 2 amide bonds. The first-order chi connectivity index (χ1) is 11.8. The molecule has 0 bridgehead atoms. The highest BCUT2D eigenvalue weighted by atomic mass is 16.2. The molecule has 0 unspecified atom stereocenters. The van der Waals surface area contributed by atoms with Crippen LogP contribution in [0.1, 0.15) is 34.5 Å². The van der Waals surface area contributed by atoms with Crippen molar-refractivity contribution in [2.45, 2.75) is 40.5 Å². The topological polar surface area (TPSA) is 76.0 Å². The van der Waals surface area contributed by atoms with Crippen molar-refractivity contribution < 1.29 is 9.59 Å². The molecule has 0 atom stereocenters. The number of hydrogen-bond donors (Lipinski definition) is 2. The number of carbonyl (C=O) groups excluding carboxylic acids is 2. The third-order valence-corrected chi connectivity index (χ3v) is 4.45. The zero-order valence-electron chi connectivity index (χ0n) is 15.6. The van der Waals surface area contributed by atoms with Gasteiger partial charge in [-0.2, -0.15) is 5.10 Å². The second kappa shape index (κ2) is 7.96. The monoisotopic (exact) mass is 342 g/mol. The molecule has 0 saturated carbocycles. The van der Waals surface area contributed by atoms with Crippen LogP contribution in [0.5, 0.6) is 0 Å². The zero-order chi connectivity index (χ0) is 18.6. The molecule has 1 aromatic carbocycles. The number of aromatic nitrogens is 2. The first-order valence-corrected chi connectivity index (χ1v) is 8.41. The number of benzene rings is 1. The Morgan fingerprint density at radius 2 is 1.72 bits per heavy atom. The quantitative estimate of drug-likeness (QED) is 0.846. The van der Waals surface area contributed by atoms with Gasteiger partial charge in [0.15, 0.2) is 0 Å². The van der Waals surface area contributed by atoms with Crippen molar-refractivity contribution in [3.05, 3.63) is 46.3 Å². The summed E-state index contributed by atoms with van der Waals surface area (Å²) >= 11 is 0. The van der Waals surface area contributed by atoms with Gasteiger partial charge in [-0.05, 0) is 50.8 Å². The molecule has 6 heteroatoms. The summed E-state index contributed by atoms with van der Waals surface area (Å²) in [5.74, 6) is -0.362. The Morgan fingerprint density at radius 3 is 2.28 bits per heavy atom. The number of carbonyl (C=O) groups is 2. The minimum absolute atomic E-state index is 0.0301. The SMILES string of the molecule is Cc1cccc(C)c1NC(=O)CNC(=O)CCc1c(C)nn(C)c1C. The predicted octanol–water partition coefficient (Wildman–Crippen LogP) is 2.34. The van der Waals surface area contributed by atoms with E-state index in [0.29, 0.717) is 12.8 Å². The Balaban J connectivity index is 1.82. The van der Waals surface area contributed by atoms with Crippen molar-refractivity contribution in [2.24, 2.45) is 7.05 Å². The molecule has 2 rings (SSSR count). The van der Waals surface area contributed by atoms with Crippen molar-refractivity contribution in [3.63, 3.8) is 0 Å². The number of para-hydroxylation sites is 1. The first kappa shape index (κ1) is 18.7. The van der Waals surface area contributed by atoms with E-state index in [1.165, 1.54) is 0 Å². The molecule has 2 N–H and O–H groups in total. The van der Waals surface area contributed by atoms with Crippen LogP contribution in [0, 0.1) is 27.7 Å². The van der Waals surface area contributed by atoms with Crippen LogP contribution in [0.3, 0.4) is 0 Å². The number of aryl methyl sites for hydroxylation is 4. The Kier molecular flexibility index (Phi) is 5.96. The number of nitrogens with one attached hydrogen (secondary N) is 2. The third kappa shape index (κ3) is 4.68. The van der Waals surface area contributed by atoms with Gasteiger partial charge >= 0.3 is 0 Å². The predicted molar refractivity (Wildman–Crippen MR) is 98.6 cm³/mol. The molecule has 0 aliphatic rings. The first-order valence-electron chi connectivity index (χ1n) is 8.41. The minimum Gasteiger partial charge on any atom is -0.347 e. The highest BCUT2D eigenvalue weighted by molar-refractivity contribution is 5.95. The van der Waals surface area contributed by atoms with Crippen LogP contribution in [0.25, 0.3) is 0 Å². The highest BCUT2D eigenvalue weighted by Crippen LogP contribution is 2.19. The molecule has 0 radical (unpaired) electrons. The molecular weight excluding hydrogens is 316 g/mol. The fourth-order valence-electron chi connectivity index (χ4n) is 2.88. The number of anilines is 1. The maximum absolute atomic E-state index is 12.1. The van der Waals surface area contributed by atoms with Crippen molar-refractivity contribution >= 4 is 17.5 Å². The van der Waals surface area contributed by atoms with E-state index in [4.69, 9.17) is 0 Å². The fraction of sp³-hybridized carbons (Fsp3) is 0.421. The fourth-order valence-corrected chi connectivity index (χ4v) is 2.88. The lowest BCUT2D eigenvalue weighted by Gasteiger charge is -2.12. The standard InChI is InChI=1S/C19H26N4O2/c1-12-7-6-8-13(2)19(12)21-18(25)11-20-17(24)10-9-16-14(3)22-23(5)15(16)4/h6-8H,9-11H2,1-5H3,(H,20,24)(H,21,25). The second-order valence-electron chi connectivity index (χ2n) is 6.36. The number of nitrogens with zero attached hydrogens (tertiary/aromatic N) is 2. The summed E-state index contributed by atoms with van der Waals surface area (Å²) in [4.78, 5) is 24.1. The van der Waals surface area contributed by atoms with Gasteiger partial charge in [0.25, 0.3) is 0 Å². The zero-order valence-corrected chi connectivity index (χ0v) is 15.6. The van der Waals surface area contributed by atoms with Crippen molar-refractivity contribution in [1.29, 1.82) is 0 Å². The van der Waals surface area contributed by atoms with Crippen LogP contribution in [-0.2, 0) is 23.1 Å². The van der Waals surface area contributed by atoms with Crippen LogP contribution in [0.15, 0.2) is 18.2 Å². The summed E-state index contributed by atoms with van der Waals surface area (Å²) in [6, 6.07) is 5.84. The van der Waals surface area contributed by atoms with E-state index in [1.54, 1.807) is 0 Å². The molecule has 6 nitrogen and oxygen atoms in total. The summed E-state index contributed by atoms with van der Waals surface area (Å²) < 4.78 is 1.82. The summed E-state index contributed by atoms with van der Waals surface area (Å²) in [6.45, 7) is 7.79. The highest BCUT2D eigenvalue weighted by Gasteiger charge is 2.12. The van der Waals surface area contributed by atoms with Crippen LogP contribution in [0.4, 0.5) is 5.69 Å². The van der Waals surface area contributed by atoms with Crippen LogP contribution in [0.2, 0.25) is 0 Å². The molecule has 2 aromatic rings. The molecule has 0 fully saturated rings. The maximum Gasteiger partial charge on any atom is 0.243 e. The Hall–Kier alpha value is -2.63. The molecule has 1 aromatic heterocycles. The van der Waals surface area contributed by atoms with Crippen molar-refractivity contribution in [1.82, 2.24) is 15.1 Å². The van der Waals surface area contributed by atoms with E-state index in [0.717, 1.165) is 33.8 Å². The van der Waals surface area contributed by atoms with E-state index in [-0.39, 0.29) is 18.4 Å². The summed E-state index contributed by atoms with van der Waals surface area (Å²) in [7, 11) is 1.89. The number of amides is 2. The van der Waals surface area contributed by atoms with Crippen LogP contribution in [-0.4, -0.2) is 28.1 Å². The van der Waals surface area contributed by atoms with Gasteiger partial charge in [0.1, 0.15) is 0 Å². The minimum atomic E-state index is -0.223. The van der Waals surface area contributed by atoms with Gasteiger partial charge in [-0.25, -0.2) is 0 Å². The molecule has 0 saturated heterocycles. The van der Waals surface area contributed by atoms with Gasteiger partial charge in [-0.1, -0.05) is 18.2 Å². The van der Waals surface area contributed by atoms with Gasteiger partial charge in [0, 0.05) is 24.8 Å². The van der Waals surface area contributed by atoms with Gasteiger partial charge in [-0.3, -0.25) is 14.3 Å².